The monoisotopic (exact) mass is 267 g/mol. The number of hydrogen-bond acceptors (Lipinski definition) is 2. The number of carbonyl (C=O) groups excluding carboxylic acids is 1. The number of carbonyl (C=O) groups is 2. The van der Waals surface area contributed by atoms with Crippen LogP contribution >= 0.6 is 0 Å². The van der Waals surface area contributed by atoms with E-state index in [1.54, 1.807) is 0 Å². The van der Waals surface area contributed by atoms with E-state index in [4.69, 9.17) is 5.11 Å². The Labute approximate surface area is 115 Å². The minimum atomic E-state index is -0.762. The molecule has 1 aliphatic heterocycles. The van der Waals surface area contributed by atoms with Gasteiger partial charge in [-0.2, -0.15) is 0 Å². The summed E-state index contributed by atoms with van der Waals surface area (Å²) in [7, 11) is 0. The van der Waals surface area contributed by atoms with Crippen LogP contribution in [0.3, 0.4) is 0 Å². The Kier molecular flexibility index (Phi) is 4.48. The highest BCUT2D eigenvalue weighted by Gasteiger charge is 2.39. The zero-order valence-corrected chi connectivity index (χ0v) is 11.9. The Balaban J connectivity index is 1.96. The highest BCUT2D eigenvalue weighted by Crippen LogP contribution is 2.44. The lowest BCUT2D eigenvalue weighted by molar-refractivity contribution is -0.142. The lowest BCUT2D eigenvalue weighted by Crippen LogP contribution is -2.41. The summed E-state index contributed by atoms with van der Waals surface area (Å²) in [6.07, 6.45) is 6.80. The second kappa shape index (κ2) is 5.93. The summed E-state index contributed by atoms with van der Waals surface area (Å²) in [5.41, 5.74) is -0.260. The first-order valence-corrected chi connectivity index (χ1v) is 7.50. The molecule has 0 bridgehead atoms. The molecule has 19 heavy (non-hydrogen) atoms. The van der Waals surface area contributed by atoms with E-state index in [0.717, 1.165) is 45.2 Å². The summed E-state index contributed by atoms with van der Waals surface area (Å²) in [6, 6.07) is 0. The van der Waals surface area contributed by atoms with Crippen molar-refractivity contribution in [2.24, 2.45) is 11.3 Å². The normalized spacial score (nSPS) is 26.4. The van der Waals surface area contributed by atoms with Gasteiger partial charge in [0.15, 0.2) is 0 Å². The maximum Gasteiger partial charge on any atom is 0.303 e. The highest BCUT2D eigenvalue weighted by atomic mass is 16.4. The van der Waals surface area contributed by atoms with Crippen molar-refractivity contribution in [3.63, 3.8) is 0 Å². The molecule has 4 nitrogen and oxygen atoms in total. The molecule has 0 aromatic rings. The van der Waals surface area contributed by atoms with Gasteiger partial charge in [-0.1, -0.05) is 19.8 Å². The quantitative estimate of drug-likeness (QED) is 0.852. The van der Waals surface area contributed by atoms with E-state index in [1.807, 2.05) is 4.90 Å². The zero-order valence-electron chi connectivity index (χ0n) is 11.9. The smallest absolute Gasteiger partial charge is 0.303 e. The molecule has 0 spiro atoms. The van der Waals surface area contributed by atoms with Crippen LogP contribution < -0.4 is 0 Å². The van der Waals surface area contributed by atoms with Crippen LogP contribution in [-0.4, -0.2) is 35.0 Å². The summed E-state index contributed by atoms with van der Waals surface area (Å²) in [6.45, 7) is 3.89. The molecule has 0 aromatic heterocycles. The molecule has 2 fully saturated rings. The predicted octanol–water partition coefficient (Wildman–Crippen LogP) is 2.67. The molecule has 1 unspecified atom stereocenters. The van der Waals surface area contributed by atoms with Crippen LogP contribution in [0.15, 0.2) is 0 Å². The Morgan fingerprint density at radius 2 is 1.89 bits per heavy atom. The van der Waals surface area contributed by atoms with Crippen LogP contribution in [0.1, 0.15) is 58.3 Å². The van der Waals surface area contributed by atoms with Gasteiger partial charge in [0.1, 0.15) is 0 Å². The number of carboxylic acids is 1. The van der Waals surface area contributed by atoms with Crippen LogP contribution in [-0.2, 0) is 9.59 Å². The number of rotatable bonds is 4. The average molecular weight is 267 g/mol. The minimum absolute atomic E-state index is 0.155. The Morgan fingerprint density at radius 1 is 1.21 bits per heavy atom. The van der Waals surface area contributed by atoms with Crippen molar-refractivity contribution in [1.29, 1.82) is 0 Å². The average Bonchev–Trinajstić information content (AvgIpc) is 2.76. The van der Waals surface area contributed by atoms with Crippen molar-refractivity contribution in [3.05, 3.63) is 0 Å². The van der Waals surface area contributed by atoms with Crippen LogP contribution in [0.5, 0.6) is 0 Å². The number of piperidine rings is 1. The van der Waals surface area contributed by atoms with Gasteiger partial charge in [0.05, 0.1) is 6.42 Å². The van der Waals surface area contributed by atoms with Crippen molar-refractivity contribution in [2.45, 2.75) is 58.3 Å². The van der Waals surface area contributed by atoms with Crippen molar-refractivity contribution in [3.8, 4) is 0 Å². The van der Waals surface area contributed by atoms with E-state index in [9.17, 15) is 9.59 Å². The van der Waals surface area contributed by atoms with Crippen LogP contribution in [0.2, 0.25) is 0 Å². The third kappa shape index (κ3) is 3.71. The largest absolute Gasteiger partial charge is 0.481 e. The van der Waals surface area contributed by atoms with Gasteiger partial charge in [-0.05, 0) is 37.0 Å². The third-order valence-electron chi connectivity index (χ3n) is 4.73. The van der Waals surface area contributed by atoms with E-state index in [-0.39, 0.29) is 17.7 Å². The predicted molar refractivity (Wildman–Crippen MR) is 72.7 cm³/mol. The number of nitrogens with zero attached hydrogens (tertiary/aromatic N) is 1. The molecule has 1 saturated carbocycles. The molecule has 2 rings (SSSR count). The Bertz CT molecular complexity index is 347. The molecule has 1 amide bonds. The molecule has 1 N–H and O–H groups in total. The zero-order chi connectivity index (χ0) is 13.9. The fraction of sp³-hybridized carbons (Fsp3) is 0.867. The highest BCUT2D eigenvalue weighted by molar-refractivity contribution is 5.78. The van der Waals surface area contributed by atoms with E-state index in [0.29, 0.717) is 12.3 Å². The Morgan fingerprint density at radius 3 is 2.47 bits per heavy atom. The maximum absolute atomic E-state index is 12.4. The first-order valence-electron chi connectivity index (χ1n) is 7.50. The number of amides is 1. The number of aliphatic carboxylic acids is 1. The second-order valence-electron chi connectivity index (χ2n) is 6.54. The lowest BCUT2D eigenvalue weighted by atomic mass is 9.79. The van der Waals surface area contributed by atoms with Gasteiger partial charge in [0, 0.05) is 19.5 Å². The number of carboxylic acid groups (broad SMARTS) is 1. The molecule has 1 heterocycles. The molecule has 1 aliphatic carbocycles. The molecule has 108 valence electrons. The summed E-state index contributed by atoms with van der Waals surface area (Å²) in [5.74, 6) is -0.00638. The minimum Gasteiger partial charge on any atom is -0.481 e. The molecule has 1 atom stereocenters. The van der Waals surface area contributed by atoms with E-state index in [2.05, 4.69) is 6.92 Å². The van der Waals surface area contributed by atoms with Gasteiger partial charge in [-0.15, -0.1) is 0 Å². The van der Waals surface area contributed by atoms with Gasteiger partial charge in [0.25, 0.3) is 0 Å². The summed E-state index contributed by atoms with van der Waals surface area (Å²) in [5, 5.41) is 9.08. The molecular formula is C15H25NO3. The molecule has 0 radical (unpaired) electrons. The van der Waals surface area contributed by atoms with Crippen molar-refractivity contribution < 1.29 is 14.7 Å². The summed E-state index contributed by atoms with van der Waals surface area (Å²) in [4.78, 5) is 25.4. The lowest BCUT2D eigenvalue weighted by Gasteiger charge is -2.34. The maximum atomic E-state index is 12.4. The summed E-state index contributed by atoms with van der Waals surface area (Å²) >= 11 is 0. The van der Waals surface area contributed by atoms with Crippen LogP contribution in [0.4, 0.5) is 0 Å². The number of likely N-dealkylation sites (tertiary alicyclic amines) is 1. The molecule has 4 heteroatoms. The first kappa shape index (κ1) is 14.4. The van der Waals surface area contributed by atoms with E-state index >= 15 is 0 Å². The topological polar surface area (TPSA) is 57.6 Å². The molecule has 0 aromatic carbocycles. The molecular weight excluding hydrogens is 242 g/mol. The Hall–Kier alpha value is -1.06. The van der Waals surface area contributed by atoms with Gasteiger partial charge in [0.2, 0.25) is 5.91 Å². The van der Waals surface area contributed by atoms with Gasteiger partial charge in [-0.25, -0.2) is 0 Å². The standard InChI is InChI=1S/C15H25NO3/c1-12-5-4-8-16(11-12)13(17)9-15(10-14(18)19)6-2-3-7-15/h12H,2-11H2,1H3,(H,18,19). The SMILES string of the molecule is CC1CCCN(C(=O)CC2(CC(=O)O)CCCC2)C1. The van der Waals surface area contributed by atoms with E-state index in [1.165, 1.54) is 6.42 Å². The van der Waals surface area contributed by atoms with Crippen molar-refractivity contribution in [1.82, 2.24) is 4.90 Å². The molecule has 1 saturated heterocycles. The van der Waals surface area contributed by atoms with Crippen molar-refractivity contribution >= 4 is 11.9 Å². The number of hydrogen-bond donors (Lipinski definition) is 1. The fourth-order valence-corrected chi connectivity index (χ4v) is 3.71. The van der Waals surface area contributed by atoms with Gasteiger partial charge < -0.3 is 10.0 Å². The fourth-order valence-electron chi connectivity index (χ4n) is 3.71. The van der Waals surface area contributed by atoms with Gasteiger partial charge in [-0.3, -0.25) is 9.59 Å². The first-order chi connectivity index (χ1) is 9.01. The summed E-state index contributed by atoms with van der Waals surface area (Å²) < 4.78 is 0. The third-order valence-corrected chi connectivity index (χ3v) is 4.73. The van der Waals surface area contributed by atoms with Crippen LogP contribution in [0.25, 0.3) is 0 Å². The van der Waals surface area contributed by atoms with E-state index < -0.39 is 5.97 Å². The second-order valence-corrected chi connectivity index (χ2v) is 6.54. The molecule has 2 aliphatic rings. The van der Waals surface area contributed by atoms with Crippen molar-refractivity contribution in [2.75, 3.05) is 13.1 Å². The van der Waals surface area contributed by atoms with Gasteiger partial charge >= 0.3 is 5.97 Å². The van der Waals surface area contributed by atoms with Crippen LogP contribution in [0, 0.1) is 11.3 Å².